The molecule has 0 fully saturated rings. The van der Waals surface area contributed by atoms with Crippen molar-refractivity contribution in [2.45, 2.75) is 20.8 Å². The van der Waals surface area contributed by atoms with Crippen molar-refractivity contribution in [2.24, 2.45) is 0 Å². The van der Waals surface area contributed by atoms with Crippen LogP contribution in [0.15, 0.2) is 52.2 Å². The number of rotatable bonds is 4. The third kappa shape index (κ3) is 3.87. The molecule has 0 aliphatic rings. The average Bonchev–Trinajstić information content (AvgIpc) is 2.55. The molecular formula is C18H21O5P. The van der Waals surface area contributed by atoms with Gasteiger partial charge in [0.1, 0.15) is 22.5 Å². The second-order valence-electron chi connectivity index (χ2n) is 4.40. The van der Waals surface area contributed by atoms with Crippen LogP contribution >= 0.6 is 9.47 Å². The van der Waals surface area contributed by atoms with E-state index in [1.165, 1.54) is 6.07 Å². The van der Waals surface area contributed by atoms with Gasteiger partial charge in [0, 0.05) is 17.7 Å². The zero-order valence-electron chi connectivity index (χ0n) is 13.9. The van der Waals surface area contributed by atoms with Gasteiger partial charge in [-0.25, -0.2) is 0 Å². The predicted molar refractivity (Wildman–Crippen MR) is 100 cm³/mol. The fourth-order valence-electron chi connectivity index (χ4n) is 2.08. The third-order valence-electron chi connectivity index (χ3n) is 2.94. The first-order valence-electron chi connectivity index (χ1n) is 7.38. The zero-order valence-corrected chi connectivity index (χ0v) is 15.0. The molecule has 2 rings (SSSR count). The summed E-state index contributed by atoms with van der Waals surface area (Å²) in [5, 5.41) is 19.4. The van der Waals surface area contributed by atoms with Crippen LogP contribution in [0.4, 0.5) is 0 Å². The van der Waals surface area contributed by atoms with Gasteiger partial charge in [0.05, 0.1) is 9.47 Å². The molecule has 1 aromatic carbocycles. The molecule has 1 heterocycles. The van der Waals surface area contributed by atoms with Crippen LogP contribution in [0.3, 0.4) is 0 Å². The number of benzene rings is 1. The molecule has 5 nitrogen and oxygen atoms in total. The first-order valence-corrected chi connectivity index (χ1v) is 7.86. The molecular weight excluding hydrogens is 327 g/mol. The number of hydrogen-bond acceptors (Lipinski definition) is 5. The summed E-state index contributed by atoms with van der Waals surface area (Å²) in [7, 11) is 1.99. The fourth-order valence-corrected chi connectivity index (χ4v) is 2.29. The van der Waals surface area contributed by atoms with Crippen LogP contribution in [0.25, 0.3) is 16.5 Å². The van der Waals surface area contributed by atoms with E-state index in [0.717, 1.165) is 6.07 Å². The second-order valence-corrected chi connectivity index (χ2v) is 4.64. The summed E-state index contributed by atoms with van der Waals surface area (Å²) >= 11 is 0. The lowest BCUT2D eigenvalue weighted by Crippen LogP contribution is -2.07. The second kappa shape index (κ2) is 8.94. The maximum absolute atomic E-state index is 12.5. The van der Waals surface area contributed by atoms with Gasteiger partial charge in [-0.05, 0) is 6.92 Å². The summed E-state index contributed by atoms with van der Waals surface area (Å²) in [6.07, 6.45) is 6.69. The summed E-state index contributed by atoms with van der Waals surface area (Å²) in [6, 6.07) is 2.33. The van der Waals surface area contributed by atoms with E-state index in [0.29, 0.717) is 5.57 Å². The summed E-state index contributed by atoms with van der Waals surface area (Å²) < 4.78 is 10.7. The van der Waals surface area contributed by atoms with Crippen LogP contribution < -0.4 is 9.95 Å². The van der Waals surface area contributed by atoms with E-state index in [9.17, 15) is 15.0 Å². The number of aromatic hydroxyl groups is 2. The van der Waals surface area contributed by atoms with Crippen LogP contribution in [-0.4, -0.2) is 10.2 Å². The van der Waals surface area contributed by atoms with E-state index in [2.05, 4.69) is 6.58 Å². The highest BCUT2D eigenvalue weighted by molar-refractivity contribution is 7.10. The quantitative estimate of drug-likeness (QED) is 0.626. The van der Waals surface area contributed by atoms with Crippen LogP contribution in [0.1, 0.15) is 26.5 Å². The Morgan fingerprint density at radius 2 is 2.00 bits per heavy atom. The SMILES string of the molecule is C=C/C=C(\C=C/C)c1oc2cc(O)cc(O)c2c(=O)c1OP.CC. The number of allylic oxidation sites excluding steroid dienone is 5. The Hall–Kier alpha value is -2.52. The van der Waals surface area contributed by atoms with E-state index in [1.807, 2.05) is 30.2 Å². The largest absolute Gasteiger partial charge is 0.508 e. The Morgan fingerprint density at radius 1 is 1.33 bits per heavy atom. The lowest BCUT2D eigenvalue weighted by Gasteiger charge is -2.10. The molecule has 2 N–H and O–H groups in total. The number of hydrogen-bond donors (Lipinski definition) is 2. The third-order valence-corrected chi connectivity index (χ3v) is 3.18. The van der Waals surface area contributed by atoms with Crippen molar-refractivity contribution < 1.29 is 19.2 Å². The van der Waals surface area contributed by atoms with Gasteiger partial charge in [0.25, 0.3) is 0 Å². The standard InChI is InChI=1S/C16H15O5P.C2H6/c1-3-5-9(6-4-2)15-16(21-22)14(19)13-11(18)7-10(17)8-12(13)20-15;1-2/h3-8,17-18H,1,22H2,2H3;1-2H3/b6-4-,9-5+;. The minimum Gasteiger partial charge on any atom is -0.508 e. The van der Waals surface area contributed by atoms with Gasteiger partial charge in [-0.15, -0.1) is 0 Å². The minimum atomic E-state index is -0.539. The topological polar surface area (TPSA) is 79.9 Å². The van der Waals surface area contributed by atoms with Crippen molar-refractivity contribution in [1.29, 1.82) is 0 Å². The molecule has 0 saturated heterocycles. The predicted octanol–water partition coefficient (Wildman–Crippen LogP) is 4.54. The van der Waals surface area contributed by atoms with E-state index >= 15 is 0 Å². The Balaban J connectivity index is 0.00000139. The van der Waals surface area contributed by atoms with Crippen molar-refractivity contribution in [3.8, 4) is 17.2 Å². The number of fused-ring (bicyclic) bond motifs is 1. The van der Waals surface area contributed by atoms with E-state index in [-0.39, 0.29) is 34.0 Å². The molecule has 6 heteroatoms. The number of phenols is 2. The first-order chi connectivity index (χ1) is 11.5. The Morgan fingerprint density at radius 3 is 2.54 bits per heavy atom. The smallest absolute Gasteiger partial charge is 0.239 e. The maximum Gasteiger partial charge on any atom is 0.239 e. The normalized spacial score (nSPS) is 11.2. The van der Waals surface area contributed by atoms with Crippen molar-refractivity contribution in [1.82, 2.24) is 0 Å². The van der Waals surface area contributed by atoms with Gasteiger partial charge in [-0.2, -0.15) is 0 Å². The van der Waals surface area contributed by atoms with Gasteiger partial charge in [0.15, 0.2) is 5.76 Å². The molecule has 0 amide bonds. The molecule has 2 aromatic rings. The highest BCUT2D eigenvalue weighted by Crippen LogP contribution is 2.34. The minimum absolute atomic E-state index is 0.0579. The Kier molecular flexibility index (Phi) is 7.28. The molecule has 0 aliphatic heterocycles. The maximum atomic E-state index is 12.5. The molecule has 0 bridgehead atoms. The van der Waals surface area contributed by atoms with Gasteiger partial charge >= 0.3 is 0 Å². The molecule has 1 atom stereocenters. The van der Waals surface area contributed by atoms with Crippen molar-refractivity contribution in [3.05, 3.63) is 59.0 Å². The highest BCUT2D eigenvalue weighted by atomic mass is 31.0. The summed E-state index contributed by atoms with van der Waals surface area (Å²) in [6.45, 7) is 9.44. The molecule has 128 valence electrons. The first kappa shape index (κ1) is 19.5. The van der Waals surface area contributed by atoms with Crippen molar-refractivity contribution in [2.75, 3.05) is 0 Å². The monoisotopic (exact) mass is 348 g/mol. The van der Waals surface area contributed by atoms with Gasteiger partial charge in [-0.1, -0.05) is 44.7 Å². The summed E-state index contributed by atoms with van der Waals surface area (Å²) in [5.41, 5.74) is 0.0859. The average molecular weight is 348 g/mol. The van der Waals surface area contributed by atoms with Gasteiger partial charge in [0.2, 0.25) is 11.2 Å². The lowest BCUT2D eigenvalue weighted by atomic mass is 10.1. The molecule has 24 heavy (non-hydrogen) atoms. The lowest BCUT2D eigenvalue weighted by molar-refractivity contribution is 0.450. The molecule has 1 unspecified atom stereocenters. The summed E-state index contributed by atoms with van der Waals surface area (Å²) in [5.74, 6) is -0.474. The molecule has 1 aromatic heterocycles. The van der Waals surface area contributed by atoms with Crippen molar-refractivity contribution >= 4 is 26.0 Å². The molecule has 0 aliphatic carbocycles. The van der Waals surface area contributed by atoms with Gasteiger partial charge in [-0.3, -0.25) is 4.79 Å². The van der Waals surface area contributed by atoms with Gasteiger partial charge < -0.3 is 19.2 Å². The zero-order chi connectivity index (χ0) is 18.3. The molecule has 0 saturated carbocycles. The molecule has 0 radical (unpaired) electrons. The Labute approximate surface area is 142 Å². The Bertz CT molecular complexity index is 847. The van der Waals surface area contributed by atoms with Crippen LogP contribution in [0, 0.1) is 0 Å². The highest BCUT2D eigenvalue weighted by Gasteiger charge is 2.20. The van der Waals surface area contributed by atoms with Crippen molar-refractivity contribution in [3.63, 3.8) is 0 Å². The summed E-state index contributed by atoms with van der Waals surface area (Å²) in [4.78, 5) is 12.5. The number of phenolic OH excluding ortho intramolecular Hbond substituents is 2. The van der Waals surface area contributed by atoms with Crippen LogP contribution in [-0.2, 0) is 0 Å². The van der Waals surface area contributed by atoms with E-state index in [1.54, 1.807) is 24.3 Å². The van der Waals surface area contributed by atoms with E-state index in [4.69, 9.17) is 8.94 Å². The molecule has 0 spiro atoms. The fraction of sp³-hybridized carbons (Fsp3) is 0.167. The van der Waals surface area contributed by atoms with E-state index < -0.39 is 5.43 Å². The van der Waals surface area contributed by atoms with Crippen LogP contribution in [0.2, 0.25) is 0 Å². The van der Waals surface area contributed by atoms with Crippen LogP contribution in [0.5, 0.6) is 17.2 Å².